The fourth-order valence-electron chi connectivity index (χ4n) is 2.53. The zero-order valence-corrected chi connectivity index (χ0v) is 13.9. The minimum absolute atomic E-state index is 0.197. The Bertz CT molecular complexity index is 565. The quantitative estimate of drug-likeness (QED) is 0.907. The van der Waals surface area contributed by atoms with Crippen molar-refractivity contribution < 1.29 is 0 Å². The van der Waals surface area contributed by atoms with Gasteiger partial charge in [0.15, 0.2) is 0 Å². The molecule has 1 atom stereocenters. The van der Waals surface area contributed by atoms with Crippen molar-refractivity contribution in [1.29, 1.82) is 0 Å². The Morgan fingerprint density at radius 1 is 1.24 bits per heavy atom. The molecule has 0 aliphatic carbocycles. The SMILES string of the molecule is Cc1ccc(CNC(Cn2ccnc2)C(C)(C)C)c(C)c1. The lowest BCUT2D eigenvalue weighted by Crippen LogP contribution is -2.43. The first-order chi connectivity index (χ1) is 9.86. The summed E-state index contributed by atoms with van der Waals surface area (Å²) in [5, 5.41) is 3.73. The summed E-state index contributed by atoms with van der Waals surface area (Å²) in [7, 11) is 0. The van der Waals surface area contributed by atoms with E-state index >= 15 is 0 Å². The Balaban J connectivity index is 2.05. The molecule has 1 heterocycles. The number of nitrogens with zero attached hydrogens (tertiary/aromatic N) is 2. The number of hydrogen-bond donors (Lipinski definition) is 1. The third-order valence-corrected chi connectivity index (χ3v) is 4.03. The van der Waals surface area contributed by atoms with E-state index in [1.807, 2.05) is 18.7 Å². The fraction of sp³-hybridized carbons (Fsp3) is 0.500. The van der Waals surface area contributed by atoms with E-state index in [0.717, 1.165) is 13.1 Å². The van der Waals surface area contributed by atoms with Crippen molar-refractivity contribution in [1.82, 2.24) is 14.9 Å². The predicted molar refractivity (Wildman–Crippen MR) is 88.2 cm³/mol. The molecule has 3 heteroatoms. The van der Waals surface area contributed by atoms with Crippen LogP contribution in [0, 0.1) is 19.3 Å². The van der Waals surface area contributed by atoms with Crippen molar-refractivity contribution in [3.05, 3.63) is 53.6 Å². The van der Waals surface area contributed by atoms with E-state index in [1.54, 1.807) is 0 Å². The molecule has 0 saturated carbocycles. The van der Waals surface area contributed by atoms with Gasteiger partial charge < -0.3 is 9.88 Å². The molecule has 0 saturated heterocycles. The molecule has 21 heavy (non-hydrogen) atoms. The first-order valence-electron chi connectivity index (χ1n) is 7.61. The minimum atomic E-state index is 0.197. The summed E-state index contributed by atoms with van der Waals surface area (Å²) >= 11 is 0. The van der Waals surface area contributed by atoms with Gasteiger partial charge in [0.05, 0.1) is 6.33 Å². The highest BCUT2D eigenvalue weighted by Crippen LogP contribution is 2.21. The molecule has 2 aromatic rings. The van der Waals surface area contributed by atoms with Gasteiger partial charge in [0.1, 0.15) is 0 Å². The molecule has 0 aliphatic rings. The Hall–Kier alpha value is -1.61. The summed E-state index contributed by atoms with van der Waals surface area (Å²) in [4.78, 5) is 4.13. The van der Waals surface area contributed by atoms with Crippen molar-refractivity contribution in [2.24, 2.45) is 5.41 Å². The zero-order chi connectivity index (χ0) is 15.5. The largest absolute Gasteiger partial charge is 0.336 e. The average molecular weight is 285 g/mol. The number of aryl methyl sites for hydroxylation is 2. The maximum atomic E-state index is 4.13. The van der Waals surface area contributed by atoms with Crippen molar-refractivity contribution in [3.63, 3.8) is 0 Å². The van der Waals surface area contributed by atoms with E-state index in [-0.39, 0.29) is 5.41 Å². The molecule has 0 bridgehead atoms. The van der Waals surface area contributed by atoms with Crippen LogP contribution in [0.15, 0.2) is 36.9 Å². The number of hydrogen-bond acceptors (Lipinski definition) is 2. The second-order valence-corrected chi connectivity index (χ2v) is 6.99. The third kappa shape index (κ3) is 4.43. The van der Waals surface area contributed by atoms with Gasteiger partial charge in [-0.25, -0.2) is 4.98 Å². The predicted octanol–water partition coefficient (Wildman–Crippen LogP) is 3.70. The molecule has 1 aromatic carbocycles. The van der Waals surface area contributed by atoms with Gasteiger partial charge in [0.25, 0.3) is 0 Å². The van der Waals surface area contributed by atoms with E-state index in [4.69, 9.17) is 0 Å². The van der Waals surface area contributed by atoms with E-state index in [1.165, 1.54) is 16.7 Å². The topological polar surface area (TPSA) is 29.9 Å². The van der Waals surface area contributed by atoms with Crippen LogP contribution in [0.3, 0.4) is 0 Å². The first-order valence-corrected chi connectivity index (χ1v) is 7.61. The van der Waals surface area contributed by atoms with Crippen molar-refractivity contribution >= 4 is 0 Å². The monoisotopic (exact) mass is 285 g/mol. The summed E-state index contributed by atoms with van der Waals surface area (Å²) in [6, 6.07) is 7.06. The highest BCUT2D eigenvalue weighted by molar-refractivity contribution is 5.30. The molecule has 0 spiro atoms. The van der Waals surface area contributed by atoms with Gasteiger partial charge in [-0.15, -0.1) is 0 Å². The Morgan fingerprint density at radius 2 is 2.00 bits per heavy atom. The van der Waals surface area contributed by atoms with Crippen molar-refractivity contribution in [3.8, 4) is 0 Å². The fourth-order valence-corrected chi connectivity index (χ4v) is 2.53. The minimum Gasteiger partial charge on any atom is -0.336 e. The standard InChI is InChI=1S/C18H27N3/c1-14-6-7-16(15(2)10-14)11-20-17(18(3,4)5)12-21-9-8-19-13-21/h6-10,13,17,20H,11-12H2,1-5H3. The molecule has 1 N–H and O–H groups in total. The number of benzene rings is 1. The lowest BCUT2D eigenvalue weighted by atomic mass is 9.86. The van der Waals surface area contributed by atoms with Crippen LogP contribution in [0.5, 0.6) is 0 Å². The van der Waals surface area contributed by atoms with Crippen LogP contribution in [0.1, 0.15) is 37.5 Å². The van der Waals surface area contributed by atoms with Crippen molar-refractivity contribution in [2.75, 3.05) is 0 Å². The van der Waals surface area contributed by atoms with Gasteiger partial charge in [0, 0.05) is 31.5 Å². The molecule has 3 nitrogen and oxygen atoms in total. The zero-order valence-electron chi connectivity index (χ0n) is 13.9. The van der Waals surface area contributed by atoms with Crippen LogP contribution in [0.25, 0.3) is 0 Å². The van der Waals surface area contributed by atoms with Crippen LogP contribution in [0.4, 0.5) is 0 Å². The molecule has 1 unspecified atom stereocenters. The van der Waals surface area contributed by atoms with Crippen LogP contribution in [0.2, 0.25) is 0 Å². The Labute approximate surface area is 128 Å². The molecular weight excluding hydrogens is 258 g/mol. The maximum Gasteiger partial charge on any atom is 0.0946 e. The van der Waals surface area contributed by atoms with Gasteiger partial charge in [-0.2, -0.15) is 0 Å². The molecule has 1 aromatic heterocycles. The third-order valence-electron chi connectivity index (χ3n) is 4.03. The van der Waals surface area contributed by atoms with Gasteiger partial charge in [-0.1, -0.05) is 44.5 Å². The summed E-state index contributed by atoms with van der Waals surface area (Å²) in [5.74, 6) is 0. The van der Waals surface area contributed by atoms with Gasteiger partial charge >= 0.3 is 0 Å². The molecule has 114 valence electrons. The second kappa shape index (κ2) is 6.44. The normalized spacial score (nSPS) is 13.4. The summed E-state index contributed by atoms with van der Waals surface area (Å²) in [6.45, 7) is 13.0. The Kier molecular flexibility index (Phi) is 4.84. The number of rotatable bonds is 5. The molecule has 0 fully saturated rings. The molecular formula is C18H27N3. The van der Waals surface area contributed by atoms with Crippen LogP contribution in [-0.2, 0) is 13.1 Å². The van der Waals surface area contributed by atoms with E-state index in [9.17, 15) is 0 Å². The van der Waals surface area contributed by atoms with E-state index < -0.39 is 0 Å². The summed E-state index contributed by atoms with van der Waals surface area (Å²) in [5.41, 5.74) is 4.25. The maximum absolute atomic E-state index is 4.13. The van der Waals surface area contributed by atoms with Crippen LogP contribution >= 0.6 is 0 Å². The molecule has 0 amide bonds. The average Bonchev–Trinajstić information content (AvgIpc) is 2.87. The second-order valence-electron chi connectivity index (χ2n) is 6.99. The molecule has 2 rings (SSSR count). The van der Waals surface area contributed by atoms with Crippen molar-refractivity contribution in [2.45, 2.75) is 53.8 Å². The van der Waals surface area contributed by atoms with E-state index in [2.05, 4.69) is 67.7 Å². The van der Waals surface area contributed by atoms with Crippen LogP contribution < -0.4 is 5.32 Å². The number of imidazole rings is 1. The highest BCUT2D eigenvalue weighted by Gasteiger charge is 2.24. The van der Waals surface area contributed by atoms with Gasteiger partial charge in [-0.3, -0.25) is 0 Å². The molecule has 0 radical (unpaired) electrons. The Morgan fingerprint density at radius 3 is 2.57 bits per heavy atom. The number of aromatic nitrogens is 2. The lowest BCUT2D eigenvalue weighted by Gasteiger charge is -2.32. The van der Waals surface area contributed by atoms with Gasteiger partial charge in [0.2, 0.25) is 0 Å². The molecule has 0 aliphatic heterocycles. The van der Waals surface area contributed by atoms with E-state index in [0.29, 0.717) is 6.04 Å². The van der Waals surface area contributed by atoms with Crippen LogP contribution in [-0.4, -0.2) is 15.6 Å². The smallest absolute Gasteiger partial charge is 0.0946 e. The first kappa shape index (κ1) is 15.8. The lowest BCUT2D eigenvalue weighted by molar-refractivity contribution is 0.240. The summed E-state index contributed by atoms with van der Waals surface area (Å²) < 4.78 is 2.14. The van der Waals surface area contributed by atoms with Gasteiger partial charge in [-0.05, 0) is 30.4 Å². The number of nitrogens with one attached hydrogen (secondary N) is 1. The highest BCUT2D eigenvalue weighted by atomic mass is 15.1. The summed E-state index contributed by atoms with van der Waals surface area (Å²) in [6.07, 6.45) is 5.75.